The highest BCUT2D eigenvalue weighted by Crippen LogP contribution is 2.22. The molecule has 2 aromatic rings. The Labute approximate surface area is 162 Å². The van der Waals surface area contributed by atoms with E-state index in [0.29, 0.717) is 34.3 Å². The quantitative estimate of drug-likeness (QED) is 0.536. The van der Waals surface area contributed by atoms with Gasteiger partial charge in [0, 0.05) is 16.1 Å². The van der Waals surface area contributed by atoms with E-state index in [1.807, 2.05) is 6.92 Å². The Balaban J connectivity index is 1.89. The van der Waals surface area contributed by atoms with Crippen LogP contribution in [0.5, 0.6) is 11.5 Å². The van der Waals surface area contributed by atoms with Crippen LogP contribution in [0.1, 0.15) is 22.8 Å². The summed E-state index contributed by atoms with van der Waals surface area (Å²) in [7, 11) is 1.54. The third-order valence-electron chi connectivity index (χ3n) is 3.40. The molecule has 2 aromatic carbocycles. The molecule has 0 fully saturated rings. The van der Waals surface area contributed by atoms with Gasteiger partial charge in [0.15, 0.2) is 0 Å². The number of ether oxygens (including phenoxy) is 2. The minimum absolute atomic E-state index is 0.223. The summed E-state index contributed by atoms with van der Waals surface area (Å²) >= 11 is 5.84. The fourth-order valence-electron chi connectivity index (χ4n) is 2.18. The van der Waals surface area contributed by atoms with Crippen molar-refractivity contribution in [2.75, 3.05) is 20.3 Å². The van der Waals surface area contributed by atoms with Gasteiger partial charge in [-0.25, -0.2) is 5.43 Å². The molecule has 0 aromatic heterocycles. The molecule has 7 nitrogen and oxygen atoms in total. The summed E-state index contributed by atoms with van der Waals surface area (Å²) in [4.78, 5) is 23.8. The Morgan fingerprint density at radius 2 is 2.04 bits per heavy atom. The molecule has 0 spiro atoms. The summed E-state index contributed by atoms with van der Waals surface area (Å²) in [5, 5.41) is 6.82. The van der Waals surface area contributed by atoms with Crippen molar-refractivity contribution in [1.29, 1.82) is 0 Å². The van der Waals surface area contributed by atoms with E-state index in [-0.39, 0.29) is 6.54 Å². The van der Waals surface area contributed by atoms with Crippen molar-refractivity contribution in [3.8, 4) is 11.5 Å². The summed E-state index contributed by atoms with van der Waals surface area (Å²) in [6.07, 6.45) is 1.44. The highest BCUT2D eigenvalue weighted by molar-refractivity contribution is 6.30. The van der Waals surface area contributed by atoms with Gasteiger partial charge in [0.25, 0.3) is 11.8 Å². The molecule has 0 saturated heterocycles. The second-order valence-corrected chi connectivity index (χ2v) is 5.76. The van der Waals surface area contributed by atoms with Gasteiger partial charge in [0.1, 0.15) is 11.5 Å². The molecule has 0 saturated carbocycles. The smallest absolute Gasteiger partial charge is 0.259 e. The van der Waals surface area contributed by atoms with Gasteiger partial charge in [-0.15, -0.1) is 0 Å². The Morgan fingerprint density at radius 1 is 1.22 bits per heavy atom. The maximum absolute atomic E-state index is 12.0. The molecule has 8 heteroatoms. The van der Waals surface area contributed by atoms with Gasteiger partial charge in [0.05, 0.1) is 26.5 Å². The molecule has 0 heterocycles. The number of methoxy groups -OCH3 is 1. The van der Waals surface area contributed by atoms with Gasteiger partial charge in [-0.2, -0.15) is 5.10 Å². The van der Waals surface area contributed by atoms with Crippen molar-refractivity contribution in [2.45, 2.75) is 6.92 Å². The van der Waals surface area contributed by atoms with Gasteiger partial charge in [-0.05, 0) is 43.3 Å². The zero-order valence-corrected chi connectivity index (χ0v) is 15.7. The highest BCUT2D eigenvalue weighted by Gasteiger charge is 2.08. The lowest BCUT2D eigenvalue weighted by atomic mass is 10.2. The highest BCUT2D eigenvalue weighted by atomic mass is 35.5. The number of carbonyl (C=O) groups excluding carboxylic acids is 2. The minimum Gasteiger partial charge on any atom is -0.496 e. The van der Waals surface area contributed by atoms with Crippen LogP contribution in [-0.4, -0.2) is 38.3 Å². The molecule has 0 aliphatic rings. The van der Waals surface area contributed by atoms with Gasteiger partial charge in [0.2, 0.25) is 0 Å². The summed E-state index contributed by atoms with van der Waals surface area (Å²) < 4.78 is 10.7. The Bertz CT molecular complexity index is 839. The summed E-state index contributed by atoms with van der Waals surface area (Å²) in [5.41, 5.74) is 3.36. The second kappa shape index (κ2) is 10.2. The van der Waals surface area contributed by atoms with Crippen LogP contribution >= 0.6 is 11.6 Å². The van der Waals surface area contributed by atoms with E-state index in [1.165, 1.54) is 19.4 Å². The molecular formula is C19H20ClN3O4. The van der Waals surface area contributed by atoms with E-state index in [0.717, 1.165) is 0 Å². The predicted molar refractivity (Wildman–Crippen MR) is 104 cm³/mol. The molecule has 2 N–H and O–H groups in total. The number of nitrogens with one attached hydrogen (secondary N) is 2. The number of hydrogen-bond donors (Lipinski definition) is 2. The van der Waals surface area contributed by atoms with E-state index in [2.05, 4.69) is 15.8 Å². The first kappa shape index (κ1) is 20.3. The molecule has 2 amide bonds. The largest absolute Gasteiger partial charge is 0.496 e. The molecule has 2 rings (SSSR count). The maximum atomic E-state index is 12.0. The van der Waals surface area contributed by atoms with E-state index in [4.69, 9.17) is 21.1 Å². The van der Waals surface area contributed by atoms with Crippen molar-refractivity contribution in [1.82, 2.24) is 10.7 Å². The molecule has 0 radical (unpaired) electrons. The average Bonchev–Trinajstić information content (AvgIpc) is 2.66. The lowest BCUT2D eigenvalue weighted by Gasteiger charge is -2.08. The number of hydrogen-bond acceptors (Lipinski definition) is 5. The predicted octanol–water partition coefficient (Wildman–Crippen LogP) is 2.63. The average molecular weight is 390 g/mol. The molecule has 0 atom stereocenters. The van der Waals surface area contributed by atoms with E-state index >= 15 is 0 Å². The number of benzene rings is 2. The van der Waals surface area contributed by atoms with Crippen LogP contribution in [0.3, 0.4) is 0 Å². The second-order valence-electron chi connectivity index (χ2n) is 5.32. The topological polar surface area (TPSA) is 89.0 Å². The van der Waals surface area contributed by atoms with Crippen molar-refractivity contribution >= 4 is 29.6 Å². The summed E-state index contributed by atoms with van der Waals surface area (Å²) in [6.45, 7) is 2.20. The fourth-order valence-corrected chi connectivity index (χ4v) is 2.37. The van der Waals surface area contributed by atoms with E-state index in [9.17, 15) is 9.59 Å². The third kappa shape index (κ3) is 6.31. The Hall–Kier alpha value is -3.06. The molecule has 0 bridgehead atoms. The van der Waals surface area contributed by atoms with Crippen LogP contribution in [0.2, 0.25) is 5.02 Å². The standard InChI is InChI=1S/C19H20ClN3O4/c1-3-27-16-7-8-17(26-2)14(10-16)11-22-23-18(24)12-21-19(25)13-5-4-6-15(20)9-13/h4-11H,3,12H2,1-2H3,(H,21,25)(H,23,24)/b22-11-. The molecular weight excluding hydrogens is 370 g/mol. The molecule has 142 valence electrons. The van der Waals surface area contributed by atoms with Crippen LogP contribution in [-0.2, 0) is 4.79 Å². The summed E-state index contributed by atoms with van der Waals surface area (Å²) in [5.74, 6) is 0.384. The van der Waals surface area contributed by atoms with Crippen LogP contribution < -0.4 is 20.2 Å². The van der Waals surface area contributed by atoms with Crippen LogP contribution in [0.4, 0.5) is 0 Å². The first-order valence-corrected chi connectivity index (χ1v) is 8.57. The SMILES string of the molecule is CCOc1ccc(OC)c(/C=N\NC(=O)CNC(=O)c2cccc(Cl)c2)c1. The van der Waals surface area contributed by atoms with Crippen molar-refractivity contribution in [3.05, 3.63) is 58.6 Å². The third-order valence-corrected chi connectivity index (χ3v) is 3.64. The van der Waals surface area contributed by atoms with Crippen LogP contribution in [0.25, 0.3) is 0 Å². The first-order valence-electron chi connectivity index (χ1n) is 8.20. The van der Waals surface area contributed by atoms with Gasteiger partial charge >= 0.3 is 0 Å². The maximum Gasteiger partial charge on any atom is 0.259 e. The van der Waals surface area contributed by atoms with Gasteiger partial charge < -0.3 is 14.8 Å². The number of nitrogens with zero attached hydrogens (tertiary/aromatic N) is 1. The number of carbonyl (C=O) groups is 2. The molecule has 0 unspecified atom stereocenters. The Morgan fingerprint density at radius 3 is 2.74 bits per heavy atom. The monoisotopic (exact) mass is 389 g/mol. The Kier molecular flexibility index (Phi) is 7.63. The molecule has 0 aliphatic carbocycles. The van der Waals surface area contributed by atoms with Crippen LogP contribution in [0, 0.1) is 0 Å². The summed E-state index contributed by atoms with van der Waals surface area (Å²) in [6, 6.07) is 11.7. The van der Waals surface area contributed by atoms with E-state index < -0.39 is 11.8 Å². The molecule has 27 heavy (non-hydrogen) atoms. The van der Waals surface area contributed by atoms with Gasteiger partial charge in [-0.3, -0.25) is 9.59 Å². The molecule has 0 aliphatic heterocycles. The number of hydrazone groups is 1. The van der Waals surface area contributed by atoms with E-state index in [1.54, 1.807) is 36.4 Å². The zero-order valence-electron chi connectivity index (χ0n) is 15.0. The van der Waals surface area contributed by atoms with Crippen molar-refractivity contribution in [3.63, 3.8) is 0 Å². The van der Waals surface area contributed by atoms with Crippen LogP contribution in [0.15, 0.2) is 47.6 Å². The number of halogens is 1. The fraction of sp³-hybridized carbons (Fsp3) is 0.211. The van der Waals surface area contributed by atoms with Gasteiger partial charge in [-0.1, -0.05) is 17.7 Å². The van der Waals surface area contributed by atoms with Crippen molar-refractivity contribution < 1.29 is 19.1 Å². The van der Waals surface area contributed by atoms with Crippen molar-refractivity contribution in [2.24, 2.45) is 5.10 Å². The first-order chi connectivity index (χ1) is 13.0. The zero-order chi connectivity index (χ0) is 19.6. The number of rotatable bonds is 8. The lowest BCUT2D eigenvalue weighted by Crippen LogP contribution is -2.34. The number of amides is 2. The minimum atomic E-state index is -0.471. The lowest BCUT2D eigenvalue weighted by molar-refractivity contribution is -0.120. The normalized spacial score (nSPS) is 10.5.